The van der Waals surface area contributed by atoms with Crippen LogP contribution in [0.25, 0.3) is 11.5 Å². The molecule has 4 rings (SSSR count). The topological polar surface area (TPSA) is 73.6 Å². The van der Waals surface area contributed by atoms with Crippen molar-refractivity contribution in [2.75, 3.05) is 13.2 Å². The fourth-order valence-corrected chi connectivity index (χ4v) is 4.03. The van der Waals surface area contributed by atoms with E-state index in [1.165, 1.54) is 17.7 Å². The van der Waals surface area contributed by atoms with Gasteiger partial charge in [-0.25, -0.2) is 9.37 Å². The Labute approximate surface area is 222 Å². The molecule has 1 atom stereocenters. The van der Waals surface area contributed by atoms with Crippen LogP contribution in [0.1, 0.15) is 35.1 Å². The number of hydrogen-bond acceptors (Lipinski definition) is 6. The number of aryl methyl sites for hydroxylation is 2. The Morgan fingerprint density at radius 2 is 1.66 bits per heavy atom. The van der Waals surface area contributed by atoms with Gasteiger partial charge in [0.1, 0.15) is 23.4 Å². The zero-order valence-corrected chi connectivity index (χ0v) is 22.0. The monoisotopic (exact) mass is 516 g/mol. The molecule has 6 nitrogen and oxygen atoms in total. The van der Waals surface area contributed by atoms with E-state index in [9.17, 15) is 9.18 Å². The Bertz CT molecular complexity index is 1320. The van der Waals surface area contributed by atoms with E-state index in [2.05, 4.69) is 10.3 Å². The molecule has 0 radical (unpaired) electrons. The maximum absolute atomic E-state index is 13.2. The van der Waals surface area contributed by atoms with Crippen LogP contribution < -0.4 is 10.1 Å². The van der Waals surface area contributed by atoms with Crippen molar-refractivity contribution in [2.45, 2.75) is 46.2 Å². The summed E-state index contributed by atoms with van der Waals surface area (Å²) in [5, 5.41) is 3.23. The maximum Gasteiger partial charge on any atom is 0.323 e. The number of carbonyl (C=O) groups is 1. The molecule has 4 aromatic rings. The Balaban J connectivity index is 1.30. The SMILES string of the molecule is CCOC(=O)C(Cc1ccc(OCCc2nc(-c3ccc(C)cc3)oc2C)cc1)NCc1ccc(F)cc1. The summed E-state index contributed by atoms with van der Waals surface area (Å²) in [5.74, 6) is 1.54. The first kappa shape index (κ1) is 27.1. The number of carbonyl (C=O) groups excluding carboxylic acids is 1. The lowest BCUT2D eigenvalue weighted by molar-refractivity contribution is -0.145. The average molecular weight is 517 g/mol. The standard InChI is InChI=1S/C31H33FN2O4/c1-4-36-31(35)29(33-20-24-7-13-26(32)14-8-24)19-23-9-15-27(16-10-23)37-18-17-28-22(3)38-30(34-28)25-11-5-21(2)6-12-25/h5-16,29,33H,4,17-20H2,1-3H3. The first-order valence-corrected chi connectivity index (χ1v) is 12.8. The number of nitrogens with one attached hydrogen (secondary N) is 1. The summed E-state index contributed by atoms with van der Waals surface area (Å²) < 4.78 is 30.2. The molecule has 0 saturated heterocycles. The summed E-state index contributed by atoms with van der Waals surface area (Å²) in [7, 11) is 0. The van der Waals surface area contributed by atoms with Gasteiger partial charge in [-0.2, -0.15) is 0 Å². The van der Waals surface area contributed by atoms with Crippen molar-refractivity contribution in [2.24, 2.45) is 0 Å². The van der Waals surface area contributed by atoms with Crippen LogP contribution in [-0.2, 0) is 28.9 Å². The molecular weight excluding hydrogens is 483 g/mol. The van der Waals surface area contributed by atoms with Crippen molar-refractivity contribution in [3.8, 4) is 17.2 Å². The summed E-state index contributed by atoms with van der Waals surface area (Å²) in [5.41, 5.74) is 4.88. The minimum absolute atomic E-state index is 0.291. The molecule has 0 aliphatic heterocycles. The van der Waals surface area contributed by atoms with Crippen molar-refractivity contribution < 1.29 is 23.1 Å². The smallest absolute Gasteiger partial charge is 0.323 e. The van der Waals surface area contributed by atoms with E-state index in [4.69, 9.17) is 13.9 Å². The fraction of sp³-hybridized carbons (Fsp3) is 0.290. The van der Waals surface area contributed by atoms with Crippen LogP contribution in [0.15, 0.2) is 77.2 Å². The van der Waals surface area contributed by atoms with E-state index in [0.717, 1.165) is 33.9 Å². The molecule has 198 valence electrons. The van der Waals surface area contributed by atoms with Gasteiger partial charge in [0.2, 0.25) is 5.89 Å². The normalized spacial score (nSPS) is 11.8. The second-order valence-electron chi connectivity index (χ2n) is 9.15. The van der Waals surface area contributed by atoms with E-state index in [1.54, 1.807) is 19.1 Å². The minimum Gasteiger partial charge on any atom is -0.493 e. The highest BCUT2D eigenvalue weighted by molar-refractivity contribution is 5.76. The van der Waals surface area contributed by atoms with Crippen LogP contribution in [-0.4, -0.2) is 30.2 Å². The summed E-state index contributed by atoms with van der Waals surface area (Å²) >= 11 is 0. The van der Waals surface area contributed by atoms with Crippen LogP contribution >= 0.6 is 0 Å². The van der Waals surface area contributed by atoms with Gasteiger partial charge in [-0.1, -0.05) is 42.0 Å². The molecule has 0 bridgehead atoms. The molecule has 7 heteroatoms. The molecule has 0 aliphatic rings. The number of halogens is 1. The number of oxazole rings is 1. The van der Waals surface area contributed by atoms with E-state index in [0.29, 0.717) is 38.5 Å². The molecule has 0 amide bonds. The molecule has 0 aliphatic carbocycles. The molecular formula is C31H33FN2O4. The summed E-state index contributed by atoms with van der Waals surface area (Å²) in [6, 6.07) is 21.4. The van der Waals surface area contributed by atoms with Crippen molar-refractivity contribution in [1.29, 1.82) is 0 Å². The van der Waals surface area contributed by atoms with Gasteiger partial charge in [0.15, 0.2) is 0 Å². The average Bonchev–Trinajstić information content (AvgIpc) is 3.29. The second-order valence-corrected chi connectivity index (χ2v) is 9.15. The van der Waals surface area contributed by atoms with Gasteiger partial charge in [0.25, 0.3) is 0 Å². The molecule has 1 unspecified atom stereocenters. The van der Waals surface area contributed by atoms with Crippen molar-refractivity contribution in [3.63, 3.8) is 0 Å². The van der Waals surface area contributed by atoms with Gasteiger partial charge >= 0.3 is 5.97 Å². The fourth-order valence-electron chi connectivity index (χ4n) is 4.03. The van der Waals surface area contributed by atoms with Crippen molar-refractivity contribution in [1.82, 2.24) is 10.3 Å². The Morgan fingerprint density at radius 1 is 0.974 bits per heavy atom. The molecule has 0 saturated carbocycles. The van der Waals surface area contributed by atoms with E-state index >= 15 is 0 Å². The van der Waals surface area contributed by atoms with Crippen LogP contribution in [0.3, 0.4) is 0 Å². The van der Waals surface area contributed by atoms with Gasteiger partial charge in [0, 0.05) is 18.5 Å². The second kappa shape index (κ2) is 13.0. The number of rotatable bonds is 12. The number of esters is 1. The minimum atomic E-state index is -0.523. The highest BCUT2D eigenvalue weighted by atomic mass is 19.1. The Hall–Kier alpha value is -3.97. The first-order chi connectivity index (χ1) is 18.4. The van der Waals surface area contributed by atoms with E-state index in [-0.39, 0.29) is 11.8 Å². The molecule has 1 N–H and O–H groups in total. The van der Waals surface area contributed by atoms with E-state index < -0.39 is 6.04 Å². The van der Waals surface area contributed by atoms with Crippen LogP contribution in [0.4, 0.5) is 4.39 Å². The molecule has 0 spiro atoms. The third-order valence-electron chi connectivity index (χ3n) is 6.20. The predicted molar refractivity (Wildman–Crippen MR) is 144 cm³/mol. The molecule has 38 heavy (non-hydrogen) atoms. The maximum atomic E-state index is 13.2. The van der Waals surface area contributed by atoms with Crippen LogP contribution in [0.2, 0.25) is 0 Å². The van der Waals surface area contributed by atoms with Gasteiger partial charge in [0.05, 0.1) is 18.9 Å². The van der Waals surface area contributed by atoms with Crippen LogP contribution in [0, 0.1) is 19.7 Å². The highest BCUT2D eigenvalue weighted by Gasteiger charge is 2.20. The van der Waals surface area contributed by atoms with Gasteiger partial charge in [-0.05, 0) is 74.7 Å². The predicted octanol–water partition coefficient (Wildman–Crippen LogP) is 5.98. The Morgan fingerprint density at radius 3 is 2.34 bits per heavy atom. The lowest BCUT2D eigenvalue weighted by Gasteiger charge is -2.18. The number of aromatic nitrogens is 1. The Kier molecular flexibility index (Phi) is 9.27. The first-order valence-electron chi connectivity index (χ1n) is 12.8. The zero-order valence-electron chi connectivity index (χ0n) is 22.0. The third kappa shape index (κ3) is 7.52. The third-order valence-corrected chi connectivity index (χ3v) is 6.20. The van der Waals surface area contributed by atoms with Crippen molar-refractivity contribution >= 4 is 5.97 Å². The van der Waals surface area contributed by atoms with Gasteiger partial charge in [-0.3, -0.25) is 4.79 Å². The van der Waals surface area contributed by atoms with E-state index in [1.807, 2.05) is 62.4 Å². The summed E-state index contributed by atoms with van der Waals surface area (Å²) in [6.45, 7) is 6.94. The van der Waals surface area contributed by atoms with Gasteiger partial charge < -0.3 is 19.2 Å². The summed E-state index contributed by atoms with van der Waals surface area (Å²) in [4.78, 5) is 17.2. The van der Waals surface area contributed by atoms with Crippen LogP contribution in [0.5, 0.6) is 5.75 Å². The zero-order chi connectivity index (χ0) is 26.9. The lowest BCUT2D eigenvalue weighted by atomic mass is 10.1. The van der Waals surface area contributed by atoms with Gasteiger partial charge in [-0.15, -0.1) is 0 Å². The highest BCUT2D eigenvalue weighted by Crippen LogP contribution is 2.23. The largest absolute Gasteiger partial charge is 0.493 e. The summed E-state index contributed by atoms with van der Waals surface area (Å²) in [6.07, 6.45) is 1.08. The molecule has 1 aromatic heterocycles. The number of hydrogen-bond donors (Lipinski definition) is 1. The quantitative estimate of drug-likeness (QED) is 0.234. The molecule has 0 fully saturated rings. The number of ether oxygens (including phenoxy) is 2. The number of nitrogens with zero attached hydrogens (tertiary/aromatic N) is 1. The molecule has 3 aromatic carbocycles. The lowest BCUT2D eigenvalue weighted by Crippen LogP contribution is -2.39. The molecule has 1 heterocycles. The number of benzene rings is 3. The van der Waals surface area contributed by atoms with Crippen molar-refractivity contribution in [3.05, 3.63) is 107 Å².